The molecule has 0 radical (unpaired) electrons. The van der Waals surface area contributed by atoms with Gasteiger partial charge in [0.25, 0.3) is 5.91 Å². The number of rotatable bonds is 6. The van der Waals surface area contributed by atoms with E-state index in [1.807, 2.05) is 24.3 Å². The van der Waals surface area contributed by atoms with E-state index in [9.17, 15) is 4.79 Å². The van der Waals surface area contributed by atoms with Crippen LogP contribution in [0.5, 0.6) is 0 Å². The number of halogens is 1. The lowest BCUT2D eigenvalue weighted by molar-refractivity contribution is 0.0827. The third-order valence-corrected chi connectivity index (χ3v) is 4.51. The molecule has 2 aromatic carbocycles. The lowest BCUT2D eigenvalue weighted by atomic mass is 10.0. The number of aryl methyl sites for hydroxylation is 1. The Labute approximate surface area is 185 Å². The van der Waals surface area contributed by atoms with E-state index in [-0.39, 0.29) is 29.9 Å². The van der Waals surface area contributed by atoms with Crippen LogP contribution in [0.3, 0.4) is 0 Å². The van der Waals surface area contributed by atoms with Crippen LogP contribution in [0.1, 0.15) is 39.9 Å². The molecule has 0 saturated carbocycles. The predicted octanol–water partition coefficient (Wildman–Crippen LogP) is 3.78. The number of benzene rings is 2. The van der Waals surface area contributed by atoms with Gasteiger partial charge in [0.2, 0.25) is 0 Å². The first-order valence-electron chi connectivity index (χ1n) is 9.22. The summed E-state index contributed by atoms with van der Waals surface area (Å²) >= 11 is 0. The maximum Gasteiger partial charge on any atom is 0.253 e. The zero-order chi connectivity index (χ0) is 19.8. The van der Waals surface area contributed by atoms with E-state index in [1.165, 1.54) is 11.1 Å². The van der Waals surface area contributed by atoms with Crippen molar-refractivity contribution in [1.82, 2.24) is 15.5 Å². The molecule has 152 valence electrons. The molecule has 0 aliphatic carbocycles. The molecule has 0 saturated heterocycles. The third kappa shape index (κ3) is 7.14. The third-order valence-electron chi connectivity index (χ3n) is 4.51. The van der Waals surface area contributed by atoms with Crippen LogP contribution in [0.15, 0.2) is 53.5 Å². The molecule has 0 bridgehead atoms. The molecular formula is C22H31IN4O. The van der Waals surface area contributed by atoms with Crippen molar-refractivity contribution >= 4 is 35.8 Å². The van der Waals surface area contributed by atoms with E-state index in [0.29, 0.717) is 18.0 Å². The van der Waals surface area contributed by atoms with E-state index < -0.39 is 0 Å². The van der Waals surface area contributed by atoms with Gasteiger partial charge in [-0.1, -0.05) is 48.9 Å². The maximum absolute atomic E-state index is 11.9. The van der Waals surface area contributed by atoms with Crippen molar-refractivity contribution in [3.8, 4) is 0 Å². The second-order valence-corrected chi connectivity index (χ2v) is 7.01. The van der Waals surface area contributed by atoms with Crippen LogP contribution in [-0.2, 0) is 6.54 Å². The number of guanidine groups is 1. The zero-order valence-electron chi connectivity index (χ0n) is 17.3. The molecule has 0 fully saturated rings. The first-order valence-corrected chi connectivity index (χ1v) is 9.22. The molecule has 0 aliphatic rings. The van der Waals surface area contributed by atoms with Gasteiger partial charge in [-0.3, -0.25) is 9.79 Å². The second kappa shape index (κ2) is 11.7. The van der Waals surface area contributed by atoms with E-state index in [0.717, 1.165) is 18.1 Å². The van der Waals surface area contributed by atoms with Gasteiger partial charge in [0.05, 0.1) is 0 Å². The van der Waals surface area contributed by atoms with Crippen molar-refractivity contribution in [2.75, 3.05) is 27.7 Å². The molecule has 0 spiro atoms. The molecule has 2 aromatic rings. The average molecular weight is 494 g/mol. The van der Waals surface area contributed by atoms with Gasteiger partial charge in [0.1, 0.15) is 0 Å². The number of nitrogens with one attached hydrogen (secondary N) is 2. The van der Waals surface area contributed by atoms with Crippen LogP contribution in [0, 0.1) is 6.92 Å². The fourth-order valence-electron chi connectivity index (χ4n) is 2.69. The smallest absolute Gasteiger partial charge is 0.253 e. The van der Waals surface area contributed by atoms with Crippen LogP contribution >= 0.6 is 24.0 Å². The quantitative estimate of drug-likeness (QED) is 0.365. The first-order chi connectivity index (χ1) is 12.9. The molecule has 1 unspecified atom stereocenters. The van der Waals surface area contributed by atoms with E-state index in [2.05, 4.69) is 53.7 Å². The maximum atomic E-state index is 11.9. The zero-order valence-corrected chi connectivity index (χ0v) is 19.7. The fourth-order valence-corrected chi connectivity index (χ4v) is 2.69. The minimum absolute atomic E-state index is 0. The Balaban J connectivity index is 0.00000392. The minimum atomic E-state index is 0. The summed E-state index contributed by atoms with van der Waals surface area (Å²) in [4.78, 5) is 17.8. The molecular weight excluding hydrogens is 463 g/mol. The number of nitrogens with zero attached hydrogens (tertiary/aromatic N) is 2. The lowest BCUT2D eigenvalue weighted by Crippen LogP contribution is -2.38. The van der Waals surface area contributed by atoms with Gasteiger partial charge in [-0.2, -0.15) is 0 Å². The molecule has 28 heavy (non-hydrogen) atoms. The van der Waals surface area contributed by atoms with Crippen molar-refractivity contribution in [3.63, 3.8) is 0 Å². The number of hydrogen-bond donors (Lipinski definition) is 2. The van der Waals surface area contributed by atoms with Crippen LogP contribution in [0.2, 0.25) is 0 Å². The van der Waals surface area contributed by atoms with Crippen LogP contribution in [-0.4, -0.2) is 44.5 Å². The largest absolute Gasteiger partial charge is 0.356 e. The number of carbonyl (C=O) groups excluding carboxylic acids is 1. The molecule has 1 amide bonds. The molecule has 5 nitrogen and oxygen atoms in total. The van der Waals surface area contributed by atoms with Gasteiger partial charge in [-0.05, 0) is 36.1 Å². The van der Waals surface area contributed by atoms with Crippen molar-refractivity contribution in [1.29, 1.82) is 0 Å². The van der Waals surface area contributed by atoms with Crippen molar-refractivity contribution in [2.45, 2.75) is 26.3 Å². The minimum Gasteiger partial charge on any atom is -0.356 e. The predicted molar refractivity (Wildman–Crippen MR) is 128 cm³/mol. The summed E-state index contributed by atoms with van der Waals surface area (Å²) in [6.45, 7) is 5.75. The average Bonchev–Trinajstić information content (AvgIpc) is 2.68. The van der Waals surface area contributed by atoms with E-state index in [1.54, 1.807) is 26.0 Å². The monoisotopic (exact) mass is 494 g/mol. The highest BCUT2D eigenvalue weighted by Gasteiger charge is 2.08. The van der Waals surface area contributed by atoms with Crippen LogP contribution in [0.25, 0.3) is 0 Å². The first kappa shape index (κ1) is 23.9. The molecule has 0 aromatic heterocycles. The molecule has 0 heterocycles. The Morgan fingerprint density at radius 2 is 1.64 bits per heavy atom. The number of carbonyl (C=O) groups is 1. The summed E-state index contributed by atoms with van der Waals surface area (Å²) in [6, 6.07) is 16.3. The molecule has 0 aliphatic heterocycles. The summed E-state index contributed by atoms with van der Waals surface area (Å²) in [6.07, 6.45) is 0. The van der Waals surface area contributed by atoms with Gasteiger partial charge >= 0.3 is 0 Å². The standard InChI is InChI=1S/C22H30N4O.HI/c1-16-6-10-19(11-7-16)17(2)14-24-22(23-3)25-15-18-8-12-20(13-9-18)21(27)26(4)5;/h6-13,17H,14-15H2,1-5H3,(H2,23,24,25);1H. The summed E-state index contributed by atoms with van der Waals surface area (Å²) in [5.74, 6) is 1.17. The molecule has 1 atom stereocenters. The molecule has 2 rings (SSSR count). The van der Waals surface area contributed by atoms with E-state index in [4.69, 9.17) is 0 Å². The SMILES string of the molecule is CN=C(NCc1ccc(C(=O)N(C)C)cc1)NCC(C)c1ccc(C)cc1.I. The second-order valence-electron chi connectivity index (χ2n) is 7.01. The molecule has 6 heteroatoms. The van der Waals surface area contributed by atoms with Gasteiger partial charge in [-0.25, -0.2) is 0 Å². The highest BCUT2D eigenvalue weighted by atomic mass is 127. The van der Waals surface area contributed by atoms with E-state index >= 15 is 0 Å². The van der Waals surface area contributed by atoms with Crippen molar-refractivity contribution in [2.24, 2.45) is 4.99 Å². The Hall–Kier alpha value is -2.09. The summed E-state index contributed by atoms with van der Waals surface area (Å²) in [7, 11) is 5.28. The van der Waals surface area contributed by atoms with Gasteiger partial charge in [0.15, 0.2) is 5.96 Å². The lowest BCUT2D eigenvalue weighted by Gasteiger charge is -2.17. The number of aliphatic imine (C=N–C) groups is 1. The Morgan fingerprint density at radius 1 is 1.04 bits per heavy atom. The molecule has 2 N–H and O–H groups in total. The summed E-state index contributed by atoms with van der Waals surface area (Å²) in [5, 5.41) is 6.69. The Morgan fingerprint density at radius 3 is 2.18 bits per heavy atom. The van der Waals surface area contributed by atoms with Gasteiger partial charge < -0.3 is 15.5 Å². The highest BCUT2D eigenvalue weighted by molar-refractivity contribution is 14.0. The number of hydrogen-bond acceptors (Lipinski definition) is 2. The highest BCUT2D eigenvalue weighted by Crippen LogP contribution is 2.14. The normalized spacial score (nSPS) is 12.0. The summed E-state index contributed by atoms with van der Waals surface area (Å²) < 4.78 is 0. The Kier molecular flexibility index (Phi) is 9.99. The van der Waals surface area contributed by atoms with Crippen molar-refractivity contribution < 1.29 is 4.79 Å². The fraction of sp³-hybridized carbons (Fsp3) is 0.364. The van der Waals surface area contributed by atoms with Crippen molar-refractivity contribution in [3.05, 3.63) is 70.8 Å². The van der Waals surface area contributed by atoms with Crippen LogP contribution in [0.4, 0.5) is 0 Å². The topological polar surface area (TPSA) is 56.7 Å². The summed E-state index contributed by atoms with van der Waals surface area (Å²) in [5.41, 5.74) is 4.37. The van der Waals surface area contributed by atoms with Gasteiger partial charge in [0, 0.05) is 39.8 Å². The van der Waals surface area contributed by atoms with Crippen LogP contribution < -0.4 is 10.6 Å². The number of amides is 1. The van der Waals surface area contributed by atoms with Gasteiger partial charge in [-0.15, -0.1) is 24.0 Å². The Bertz CT molecular complexity index is 770.